The number of rotatable bonds is 5. The highest BCUT2D eigenvalue weighted by molar-refractivity contribution is 6.42. The minimum absolute atomic E-state index is 0.0331. The number of ether oxygens (including phenoxy) is 1. The second-order valence-electron chi connectivity index (χ2n) is 6.32. The van der Waals surface area contributed by atoms with Crippen LogP contribution in [-0.4, -0.2) is 69.1 Å². The van der Waals surface area contributed by atoms with Gasteiger partial charge in [0.2, 0.25) is 5.91 Å². The third-order valence-electron chi connectivity index (χ3n) is 4.47. The molecule has 2 N–H and O–H groups in total. The Bertz CT molecular complexity index is 833. The second kappa shape index (κ2) is 9.22. The van der Waals surface area contributed by atoms with Crippen LogP contribution in [0.25, 0.3) is 0 Å². The highest BCUT2D eigenvalue weighted by atomic mass is 35.5. The minimum atomic E-state index is -1.02. The van der Waals surface area contributed by atoms with E-state index in [0.717, 1.165) is 5.56 Å². The molecule has 9 nitrogen and oxygen atoms in total. The summed E-state index contributed by atoms with van der Waals surface area (Å²) in [4.78, 5) is 28.7. The highest BCUT2D eigenvalue weighted by Crippen LogP contribution is 2.31. The van der Waals surface area contributed by atoms with Crippen molar-refractivity contribution in [3.05, 3.63) is 46.5 Å². The summed E-state index contributed by atoms with van der Waals surface area (Å²) in [6.07, 6.45) is 1.35. The van der Waals surface area contributed by atoms with E-state index in [4.69, 9.17) is 27.9 Å². The summed E-state index contributed by atoms with van der Waals surface area (Å²) in [5.41, 5.74) is 0.790. The molecule has 1 fully saturated rings. The molecule has 28 heavy (non-hydrogen) atoms. The summed E-state index contributed by atoms with van der Waals surface area (Å²) >= 11 is 12.1. The van der Waals surface area contributed by atoms with Crippen molar-refractivity contribution in [1.82, 2.24) is 25.0 Å². The molecule has 11 heteroatoms. The van der Waals surface area contributed by atoms with Crippen LogP contribution in [-0.2, 0) is 16.1 Å². The Morgan fingerprint density at radius 1 is 1.32 bits per heavy atom. The van der Waals surface area contributed by atoms with Gasteiger partial charge in [-0.15, -0.1) is 0 Å². The van der Waals surface area contributed by atoms with Crippen LogP contribution in [0.4, 0.5) is 4.79 Å². The standard InChI is InChI=1S/C17H19Cl2N5O4/c18-13-2-1-11(5-14(13)19)12-7-23(17(26)27)3-4-28-15(12)6-21-16(25)8-24-10-20-9-22-24/h1-2,5,9-10,12,15H,3-4,6-8H2,(H,21,25)(H,26,27). The fraction of sp³-hybridized carbons (Fsp3) is 0.412. The molecule has 1 aromatic carbocycles. The third-order valence-corrected chi connectivity index (χ3v) is 5.21. The molecule has 1 aromatic heterocycles. The topological polar surface area (TPSA) is 110 Å². The molecule has 2 atom stereocenters. The smallest absolute Gasteiger partial charge is 0.407 e. The number of carbonyl (C=O) groups is 2. The number of halogens is 2. The molecule has 0 saturated carbocycles. The van der Waals surface area contributed by atoms with Gasteiger partial charge in [-0.05, 0) is 17.7 Å². The van der Waals surface area contributed by atoms with Crippen molar-refractivity contribution < 1.29 is 19.4 Å². The predicted molar refractivity (Wildman–Crippen MR) is 102 cm³/mol. The van der Waals surface area contributed by atoms with Crippen LogP contribution in [0.1, 0.15) is 11.5 Å². The first-order valence-electron chi connectivity index (χ1n) is 8.57. The molecule has 1 aliphatic rings. The van der Waals surface area contributed by atoms with Gasteiger partial charge < -0.3 is 20.1 Å². The van der Waals surface area contributed by atoms with Crippen molar-refractivity contribution in [2.45, 2.75) is 18.6 Å². The summed E-state index contributed by atoms with van der Waals surface area (Å²) in [6.45, 7) is 0.943. The number of nitrogens with zero attached hydrogens (tertiary/aromatic N) is 4. The Labute approximate surface area is 171 Å². The second-order valence-corrected chi connectivity index (χ2v) is 7.13. The van der Waals surface area contributed by atoms with E-state index >= 15 is 0 Å². The van der Waals surface area contributed by atoms with Crippen LogP contribution in [0.3, 0.4) is 0 Å². The molecule has 150 valence electrons. The number of carboxylic acid groups (broad SMARTS) is 1. The van der Waals surface area contributed by atoms with E-state index in [2.05, 4.69) is 15.4 Å². The molecule has 0 aliphatic carbocycles. The molecule has 2 heterocycles. The van der Waals surface area contributed by atoms with Gasteiger partial charge in [0.05, 0.1) is 22.8 Å². The summed E-state index contributed by atoms with van der Waals surface area (Å²) < 4.78 is 7.28. The summed E-state index contributed by atoms with van der Waals surface area (Å²) in [6, 6.07) is 5.15. The van der Waals surface area contributed by atoms with Gasteiger partial charge in [0.1, 0.15) is 19.2 Å². The van der Waals surface area contributed by atoms with Gasteiger partial charge in [-0.25, -0.2) is 14.5 Å². The van der Waals surface area contributed by atoms with Crippen LogP contribution in [0.15, 0.2) is 30.9 Å². The van der Waals surface area contributed by atoms with Crippen LogP contribution < -0.4 is 5.32 Å². The van der Waals surface area contributed by atoms with Gasteiger partial charge in [0.15, 0.2) is 0 Å². The summed E-state index contributed by atoms with van der Waals surface area (Å²) in [5.74, 6) is -0.568. The average molecular weight is 428 g/mol. The Balaban J connectivity index is 1.74. The van der Waals surface area contributed by atoms with E-state index in [1.807, 2.05) is 0 Å². The summed E-state index contributed by atoms with van der Waals surface area (Å²) in [5, 5.41) is 16.9. The third kappa shape index (κ3) is 5.12. The molecule has 0 radical (unpaired) electrons. The van der Waals surface area contributed by atoms with Crippen molar-refractivity contribution in [3.8, 4) is 0 Å². The average Bonchev–Trinajstić information content (AvgIpc) is 3.06. The molecule has 2 unspecified atom stereocenters. The van der Waals surface area contributed by atoms with E-state index in [1.165, 1.54) is 22.2 Å². The molecule has 0 bridgehead atoms. The fourth-order valence-corrected chi connectivity index (χ4v) is 3.35. The maximum atomic E-state index is 12.2. The van der Waals surface area contributed by atoms with Gasteiger partial charge in [-0.2, -0.15) is 5.10 Å². The van der Waals surface area contributed by atoms with E-state index in [1.54, 1.807) is 18.2 Å². The van der Waals surface area contributed by atoms with Crippen molar-refractivity contribution in [1.29, 1.82) is 0 Å². The zero-order chi connectivity index (χ0) is 20.1. The molecule has 1 saturated heterocycles. The fourth-order valence-electron chi connectivity index (χ4n) is 3.05. The van der Waals surface area contributed by atoms with Crippen LogP contribution in [0.5, 0.6) is 0 Å². The van der Waals surface area contributed by atoms with Crippen molar-refractivity contribution in [3.63, 3.8) is 0 Å². The summed E-state index contributed by atoms with van der Waals surface area (Å²) in [7, 11) is 0. The predicted octanol–water partition coefficient (Wildman–Crippen LogP) is 1.86. The van der Waals surface area contributed by atoms with Crippen molar-refractivity contribution in [2.24, 2.45) is 0 Å². The number of nitrogens with one attached hydrogen (secondary N) is 1. The number of carbonyl (C=O) groups excluding carboxylic acids is 1. The Hall–Kier alpha value is -2.36. The van der Waals surface area contributed by atoms with E-state index < -0.39 is 12.2 Å². The SMILES string of the molecule is O=C(Cn1cncn1)NCC1OCCN(C(=O)O)CC1c1ccc(Cl)c(Cl)c1. The molecular formula is C17H19Cl2N5O4. The molecular weight excluding hydrogens is 409 g/mol. The van der Waals surface area contributed by atoms with Gasteiger partial charge in [-0.1, -0.05) is 29.3 Å². The van der Waals surface area contributed by atoms with Crippen LogP contribution in [0.2, 0.25) is 10.0 Å². The zero-order valence-corrected chi connectivity index (χ0v) is 16.3. The molecule has 3 rings (SSSR count). The lowest BCUT2D eigenvalue weighted by Crippen LogP contribution is -2.40. The number of hydrogen-bond donors (Lipinski definition) is 2. The minimum Gasteiger partial charge on any atom is -0.465 e. The van der Waals surface area contributed by atoms with Crippen LogP contribution >= 0.6 is 23.2 Å². The first-order valence-corrected chi connectivity index (χ1v) is 9.33. The molecule has 2 aromatic rings. The first-order chi connectivity index (χ1) is 13.4. The van der Waals surface area contributed by atoms with Gasteiger partial charge in [0, 0.05) is 25.6 Å². The highest BCUT2D eigenvalue weighted by Gasteiger charge is 2.31. The first kappa shape index (κ1) is 20.4. The number of amides is 2. The van der Waals surface area contributed by atoms with Crippen molar-refractivity contribution in [2.75, 3.05) is 26.2 Å². The quantitative estimate of drug-likeness (QED) is 0.753. The maximum absolute atomic E-state index is 12.2. The zero-order valence-electron chi connectivity index (χ0n) is 14.8. The lowest BCUT2D eigenvalue weighted by molar-refractivity contribution is -0.122. The lowest BCUT2D eigenvalue weighted by atomic mass is 9.92. The van der Waals surface area contributed by atoms with Crippen LogP contribution in [0, 0.1) is 0 Å². The Morgan fingerprint density at radius 2 is 2.14 bits per heavy atom. The number of aromatic nitrogens is 3. The molecule has 0 spiro atoms. The number of benzene rings is 1. The monoisotopic (exact) mass is 427 g/mol. The maximum Gasteiger partial charge on any atom is 0.407 e. The Kier molecular flexibility index (Phi) is 6.71. The van der Waals surface area contributed by atoms with E-state index in [0.29, 0.717) is 10.0 Å². The van der Waals surface area contributed by atoms with Gasteiger partial charge in [-0.3, -0.25) is 4.79 Å². The molecule has 2 amide bonds. The van der Waals surface area contributed by atoms with E-state index in [9.17, 15) is 14.7 Å². The van der Waals surface area contributed by atoms with Crippen molar-refractivity contribution >= 4 is 35.2 Å². The van der Waals surface area contributed by atoms with Gasteiger partial charge in [0.25, 0.3) is 0 Å². The molecule has 1 aliphatic heterocycles. The Morgan fingerprint density at radius 3 is 2.82 bits per heavy atom. The van der Waals surface area contributed by atoms with E-state index in [-0.39, 0.29) is 44.6 Å². The van der Waals surface area contributed by atoms with Gasteiger partial charge >= 0.3 is 6.09 Å². The number of hydrogen-bond acceptors (Lipinski definition) is 5. The lowest BCUT2D eigenvalue weighted by Gasteiger charge is -2.27. The normalized spacial score (nSPS) is 19.9. The largest absolute Gasteiger partial charge is 0.465 e.